The molecule has 1 aromatic heterocycles. The number of aromatic nitrogens is 2. The van der Waals surface area contributed by atoms with Crippen LogP contribution in [0.25, 0.3) is 0 Å². The van der Waals surface area contributed by atoms with Gasteiger partial charge < -0.3 is 15.8 Å². The lowest BCUT2D eigenvalue weighted by Gasteiger charge is -2.08. The molecule has 1 heterocycles. The molecule has 0 aliphatic rings. The summed E-state index contributed by atoms with van der Waals surface area (Å²) in [4.78, 5) is 8.63. The van der Waals surface area contributed by atoms with Gasteiger partial charge in [0, 0.05) is 32.7 Å². The van der Waals surface area contributed by atoms with Crippen LogP contribution in [0.5, 0.6) is 0 Å². The number of ether oxygens (including phenoxy) is 1. The van der Waals surface area contributed by atoms with Gasteiger partial charge in [-0.15, -0.1) is 0 Å². The van der Waals surface area contributed by atoms with Gasteiger partial charge in [0.15, 0.2) is 0 Å². The van der Waals surface area contributed by atoms with E-state index in [4.69, 9.17) is 10.5 Å². The molecule has 0 amide bonds. The molecule has 3 N–H and O–H groups in total. The van der Waals surface area contributed by atoms with Crippen molar-refractivity contribution in [3.63, 3.8) is 0 Å². The summed E-state index contributed by atoms with van der Waals surface area (Å²) in [6.07, 6.45) is 5.26. The van der Waals surface area contributed by atoms with E-state index in [0.29, 0.717) is 5.82 Å². The van der Waals surface area contributed by atoms with Gasteiger partial charge in [-0.25, -0.2) is 9.97 Å². The Bertz CT molecular complexity index is 344. The third-order valence-electron chi connectivity index (χ3n) is 2.60. The van der Waals surface area contributed by atoms with Gasteiger partial charge in [0.1, 0.15) is 17.5 Å². The Morgan fingerprint density at radius 1 is 1.28 bits per heavy atom. The first-order valence-electron chi connectivity index (χ1n) is 6.62. The van der Waals surface area contributed by atoms with E-state index in [1.165, 1.54) is 0 Å². The van der Waals surface area contributed by atoms with E-state index in [0.717, 1.165) is 56.9 Å². The molecular weight excluding hydrogens is 228 g/mol. The average Bonchev–Trinajstić information content (AvgIpc) is 2.33. The number of hydrogen-bond acceptors (Lipinski definition) is 5. The highest BCUT2D eigenvalue weighted by Crippen LogP contribution is 2.10. The van der Waals surface area contributed by atoms with Crippen LogP contribution < -0.4 is 11.1 Å². The first-order valence-corrected chi connectivity index (χ1v) is 6.62. The largest absolute Gasteiger partial charge is 0.385 e. The zero-order chi connectivity index (χ0) is 13.2. The average molecular weight is 252 g/mol. The molecule has 0 aromatic carbocycles. The molecule has 0 aliphatic carbocycles. The maximum Gasteiger partial charge on any atom is 0.133 e. The number of anilines is 2. The van der Waals surface area contributed by atoms with Crippen molar-refractivity contribution in [2.45, 2.75) is 39.0 Å². The van der Waals surface area contributed by atoms with Crippen molar-refractivity contribution in [2.24, 2.45) is 0 Å². The van der Waals surface area contributed by atoms with E-state index in [1.54, 1.807) is 13.2 Å². The topological polar surface area (TPSA) is 73.1 Å². The minimum absolute atomic E-state index is 0.537. The fraction of sp³-hybridized carbons (Fsp3) is 0.692. The van der Waals surface area contributed by atoms with Gasteiger partial charge in [0.05, 0.1) is 0 Å². The van der Waals surface area contributed by atoms with Crippen molar-refractivity contribution in [2.75, 3.05) is 31.3 Å². The van der Waals surface area contributed by atoms with Gasteiger partial charge in [-0.3, -0.25) is 0 Å². The minimum atomic E-state index is 0.537. The van der Waals surface area contributed by atoms with Crippen molar-refractivity contribution in [3.05, 3.63) is 11.9 Å². The van der Waals surface area contributed by atoms with E-state index in [-0.39, 0.29) is 0 Å². The number of methoxy groups -OCH3 is 1. The van der Waals surface area contributed by atoms with E-state index < -0.39 is 0 Å². The lowest BCUT2D eigenvalue weighted by Crippen LogP contribution is -2.08. The third-order valence-corrected chi connectivity index (χ3v) is 2.60. The number of nitrogens with two attached hydrogens (primary N) is 1. The molecule has 0 fully saturated rings. The molecule has 0 saturated carbocycles. The third kappa shape index (κ3) is 5.82. The summed E-state index contributed by atoms with van der Waals surface area (Å²) in [6.45, 7) is 3.85. The number of rotatable bonds is 9. The number of aryl methyl sites for hydroxylation is 1. The van der Waals surface area contributed by atoms with Crippen molar-refractivity contribution in [1.29, 1.82) is 0 Å². The number of nitrogen functional groups attached to an aromatic ring is 1. The highest BCUT2D eigenvalue weighted by molar-refractivity contribution is 5.44. The fourth-order valence-electron chi connectivity index (χ4n) is 1.71. The van der Waals surface area contributed by atoms with Crippen molar-refractivity contribution in [1.82, 2.24) is 9.97 Å². The maximum absolute atomic E-state index is 5.75. The number of nitrogens with one attached hydrogen (secondary N) is 1. The number of nitrogens with zero attached hydrogens (tertiary/aromatic N) is 2. The molecule has 5 nitrogen and oxygen atoms in total. The fourth-order valence-corrected chi connectivity index (χ4v) is 1.71. The predicted molar refractivity (Wildman–Crippen MR) is 74.7 cm³/mol. The summed E-state index contributed by atoms with van der Waals surface area (Å²) >= 11 is 0. The van der Waals surface area contributed by atoms with Gasteiger partial charge >= 0.3 is 0 Å². The molecule has 0 radical (unpaired) electrons. The van der Waals surface area contributed by atoms with Crippen molar-refractivity contribution < 1.29 is 4.74 Å². The Morgan fingerprint density at radius 3 is 2.83 bits per heavy atom. The molecule has 102 valence electrons. The standard InChI is InChI=1S/C13H24N4O/c1-3-7-12-16-11(14)10-13(17-12)15-8-5-4-6-9-18-2/h10H,3-9H2,1-2H3,(H3,14,15,16,17). The molecule has 0 spiro atoms. The molecular formula is C13H24N4O. The van der Waals surface area contributed by atoms with E-state index in [9.17, 15) is 0 Å². The van der Waals surface area contributed by atoms with Crippen LogP contribution in [0.2, 0.25) is 0 Å². The van der Waals surface area contributed by atoms with Crippen LogP contribution in [-0.2, 0) is 11.2 Å². The minimum Gasteiger partial charge on any atom is -0.385 e. The molecule has 0 unspecified atom stereocenters. The zero-order valence-electron chi connectivity index (χ0n) is 11.4. The first-order chi connectivity index (χ1) is 8.76. The SMILES string of the molecule is CCCc1nc(N)cc(NCCCCCOC)n1. The molecule has 1 rings (SSSR count). The Morgan fingerprint density at radius 2 is 2.11 bits per heavy atom. The van der Waals surface area contributed by atoms with Crippen LogP contribution in [0.3, 0.4) is 0 Å². The van der Waals surface area contributed by atoms with Gasteiger partial charge in [0.25, 0.3) is 0 Å². The second kappa shape index (κ2) is 8.69. The Balaban J connectivity index is 2.32. The van der Waals surface area contributed by atoms with Crippen LogP contribution in [0.4, 0.5) is 11.6 Å². The van der Waals surface area contributed by atoms with E-state index in [2.05, 4.69) is 22.2 Å². The number of unbranched alkanes of at least 4 members (excludes halogenated alkanes) is 2. The van der Waals surface area contributed by atoms with Crippen LogP contribution in [0.1, 0.15) is 38.4 Å². The zero-order valence-corrected chi connectivity index (χ0v) is 11.4. The predicted octanol–water partition coefficient (Wildman–Crippen LogP) is 2.24. The van der Waals surface area contributed by atoms with Gasteiger partial charge in [0.2, 0.25) is 0 Å². The smallest absolute Gasteiger partial charge is 0.133 e. The molecule has 0 aliphatic heterocycles. The second-order valence-corrected chi connectivity index (χ2v) is 4.32. The Kier molecular flexibility index (Phi) is 7.10. The lowest BCUT2D eigenvalue weighted by molar-refractivity contribution is 0.192. The number of hydrogen-bond donors (Lipinski definition) is 2. The lowest BCUT2D eigenvalue weighted by atomic mass is 10.2. The Labute approximate surface area is 109 Å². The van der Waals surface area contributed by atoms with Crippen molar-refractivity contribution in [3.8, 4) is 0 Å². The van der Waals surface area contributed by atoms with Gasteiger partial charge in [-0.05, 0) is 25.7 Å². The molecule has 0 saturated heterocycles. The normalized spacial score (nSPS) is 10.6. The molecule has 0 atom stereocenters. The summed E-state index contributed by atoms with van der Waals surface area (Å²) in [5.74, 6) is 2.19. The van der Waals surface area contributed by atoms with Crippen LogP contribution >= 0.6 is 0 Å². The van der Waals surface area contributed by atoms with Crippen LogP contribution in [0.15, 0.2) is 6.07 Å². The van der Waals surface area contributed by atoms with Crippen LogP contribution in [0, 0.1) is 0 Å². The van der Waals surface area contributed by atoms with Crippen LogP contribution in [-0.4, -0.2) is 30.2 Å². The monoisotopic (exact) mass is 252 g/mol. The molecule has 18 heavy (non-hydrogen) atoms. The summed E-state index contributed by atoms with van der Waals surface area (Å²) < 4.78 is 5.01. The molecule has 1 aromatic rings. The van der Waals surface area contributed by atoms with E-state index >= 15 is 0 Å². The molecule has 5 heteroatoms. The summed E-state index contributed by atoms with van der Waals surface area (Å²) in [6, 6.07) is 1.79. The van der Waals surface area contributed by atoms with Gasteiger partial charge in [-0.1, -0.05) is 6.92 Å². The molecule has 0 bridgehead atoms. The first kappa shape index (κ1) is 14.7. The van der Waals surface area contributed by atoms with Gasteiger partial charge in [-0.2, -0.15) is 0 Å². The van der Waals surface area contributed by atoms with E-state index in [1.807, 2.05) is 0 Å². The summed E-state index contributed by atoms with van der Waals surface area (Å²) in [5.41, 5.74) is 5.75. The highest BCUT2D eigenvalue weighted by atomic mass is 16.5. The highest BCUT2D eigenvalue weighted by Gasteiger charge is 2.01. The van der Waals surface area contributed by atoms with Crippen molar-refractivity contribution >= 4 is 11.6 Å². The summed E-state index contributed by atoms with van der Waals surface area (Å²) in [5, 5.41) is 3.29. The Hall–Kier alpha value is -1.36. The summed E-state index contributed by atoms with van der Waals surface area (Å²) in [7, 11) is 1.73. The second-order valence-electron chi connectivity index (χ2n) is 4.32. The quantitative estimate of drug-likeness (QED) is 0.659. The maximum atomic E-state index is 5.75.